The fourth-order valence-electron chi connectivity index (χ4n) is 1.47. The van der Waals surface area contributed by atoms with Gasteiger partial charge in [-0.25, -0.2) is 0 Å². The number of carbonyl (C=O) groups excluding carboxylic acids is 2. The number of hydrogen-bond donors (Lipinski definition) is 1. The second kappa shape index (κ2) is 7.42. The van der Waals surface area contributed by atoms with Crippen molar-refractivity contribution < 1.29 is 22.8 Å². The van der Waals surface area contributed by atoms with Gasteiger partial charge >= 0.3 is 12.1 Å². The maximum Gasteiger partial charge on any atom is 0.471 e. The second-order valence-corrected chi connectivity index (χ2v) is 4.89. The predicted molar refractivity (Wildman–Crippen MR) is 73.1 cm³/mol. The number of unbranched alkanes of at least 4 members (excludes halogenated alkanes) is 1. The lowest BCUT2D eigenvalue weighted by atomic mass is 10.1. The first-order chi connectivity index (χ1) is 9.34. The lowest BCUT2D eigenvalue weighted by Gasteiger charge is -2.08. The first-order valence-corrected chi connectivity index (χ1v) is 7.04. The van der Waals surface area contributed by atoms with Gasteiger partial charge in [-0.15, -0.1) is 0 Å². The number of alkyl halides is 4. The zero-order chi connectivity index (χ0) is 15.2. The smallest absolute Gasteiger partial charge is 0.318 e. The van der Waals surface area contributed by atoms with Crippen LogP contribution in [0.4, 0.5) is 18.9 Å². The van der Waals surface area contributed by atoms with E-state index in [1.54, 1.807) is 5.32 Å². The Labute approximate surface area is 122 Å². The van der Waals surface area contributed by atoms with Crippen molar-refractivity contribution in [3.05, 3.63) is 29.8 Å². The van der Waals surface area contributed by atoms with E-state index in [4.69, 9.17) is 0 Å². The summed E-state index contributed by atoms with van der Waals surface area (Å²) in [5.41, 5.74) is 0.425. The lowest BCUT2D eigenvalue weighted by Crippen LogP contribution is -2.29. The summed E-state index contributed by atoms with van der Waals surface area (Å²) in [5, 5.41) is 2.54. The van der Waals surface area contributed by atoms with E-state index in [0.717, 1.165) is 18.2 Å². The van der Waals surface area contributed by atoms with Crippen molar-refractivity contribution in [1.82, 2.24) is 0 Å². The molecule has 0 aliphatic heterocycles. The zero-order valence-electron chi connectivity index (χ0n) is 10.5. The summed E-state index contributed by atoms with van der Waals surface area (Å²) in [5.74, 6) is -2.10. The van der Waals surface area contributed by atoms with Crippen LogP contribution in [0.2, 0.25) is 0 Å². The van der Waals surface area contributed by atoms with Gasteiger partial charge < -0.3 is 5.32 Å². The molecule has 0 radical (unpaired) electrons. The third-order valence-electron chi connectivity index (χ3n) is 2.51. The van der Waals surface area contributed by atoms with Crippen molar-refractivity contribution in [2.75, 3.05) is 10.6 Å². The molecule has 20 heavy (non-hydrogen) atoms. The Morgan fingerprint density at radius 1 is 1.10 bits per heavy atom. The molecule has 0 aliphatic carbocycles. The summed E-state index contributed by atoms with van der Waals surface area (Å²) in [4.78, 5) is 22.4. The first kappa shape index (κ1) is 16.7. The van der Waals surface area contributed by atoms with E-state index in [1.165, 1.54) is 24.3 Å². The standard InChI is InChI=1S/C13H13BrF3NO2/c14-8-2-1-3-11(19)9-4-6-10(7-5-9)18-12(20)13(15,16)17/h4-7H,1-3,8H2,(H,18,20). The molecule has 0 aliphatic rings. The van der Waals surface area contributed by atoms with E-state index >= 15 is 0 Å². The van der Waals surface area contributed by atoms with Gasteiger partial charge in [-0.2, -0.15) is 13.2 Å². The lowest BCUT2D eigenvalue weighted by molar-refractivity contribution is -0.167. The van der Waals surface area contributed by atoms with Crippen LogP contribution in [0.1, 0.15) is 29.6 Å². The minimum Gasteiger partial charge on any atom is -0.318 e. The van der Waals surface area contributed by atoms with Crippen molar-refractivity contribution in [1.29, 1.82) is 0 Å². The fourth-order valence-corrected chi connectivity index (χ4v) is 1.86. The summed E-state index contributed by atoms with van der Waals surface area (Å²) in [6.07, 6.45) is -2.91. The van der Waals surface area contributed by atoms with Gasteiger partial charge in [0, 0.05) is 23.0 Å². The van der Waals surface area contributed by atoms with Crippen LogP contribution in [0.5, 0.6) is 0 Å². The van der Waals surface area contributed by atoms with E-state index in [0.29, 0.717) is 12.0 Å². The van der Waals surface area contributed by atoms with Crippen LogP contribution in [-0.2, 0) is 4.79 Å². The van der Waals surface area contributed by atoms with Gasteiger partial charge in [-0.1, -0.05) is 15.9 Å². The van der Waals surface area contributed by atoms with Gasteiger partial charge in [0.1, 0.15) is 0 Å². The summed E-state index contributed by atoms with van der Waals surface area (Å²) in [7, 11) is 0. The Morgan fingerprint density at radius 2 is 1.70 bits per heavy atom. The molecule has 0 aromatic heterocycles. The molecule has 0 spiro atoms. The molecule has 0 heterocycles. The molecule has 0 fully saturated rings. The molecular formula is C13H13BrF3NO2. The van der Waals surface area contributed by atoms with E-state index in [2.05, 4.69) is 15.9 Å². The SMILES string of the molecule is O=C(CCCCBr)c1ccc(NC(=O)C(F)(F)F)cc1. The Balaban J connectivity index is 2.60. The minimum atomic E-state index is -4.93. The number of carbonyl (C=O) groups is 2. The highest BCUT2D eigenvalue weighted by Gasteiger charge is 2.38. The van der Waals surface area contributed by atoms with E-state index < -0.39 is 12.1 Å². The molecule has 0 atom stereocenters. The molecule has 1 amide bonds. The van der Waals surface area contributed by atoms with Gasteiger partial charge in [-0.3, -0.25) is 9.59 Å². The van der Waals surface area contributed by atoms with E-state index in [9.17, 15) is 22.8 Å². The van der Waals surface area contributed by atoms with Gasteiger partial charge in [0.2, 0.25) is 0 Å². The molecule has 1 N–H and O–H groups in total. The van der Waals surface area contributed by atoms with Crippen LogP contribution in [-0.4, -0.2) is 23.2 Å². The maximum atomic E-state index is 12.0. The molecule has 0 saturated heterocycles. The molecule has 1 aromatic carbocycles. The highest BCUT2D eigenvalue weighted by Crippen LogP contribution is 2.19. The molecule has 0 saturated carbocycles. The van der Waals surface area contributed by atoms with Crippen LogP contribution in [0.15, 0.2) is 24.3 Å². The monoisotopic (exact) mass is 351 g/mol. The number of halogens is 4. The average Bonchev–Trinajstić information content (AvgIpc) is 2.38. The molecule has 3 nitrogen and oxygen atoms in total. The van der Waals surface area contributed by atoms with Crippen LogP contribution in [0.25, 0.3) is 0 Å². The van der Waals surface area contributed by atoms with Gasteiger partial charge in [0.05, 0.1) is 0 Å². The highest BCUT2D eigenvalue weighted by molar-refractivity contribution is 9.09. The van der Waals surface area contributed by atoms with Gasteiger partial charge in [0.25, 0.3) is 0 Å². The number of rotatable bonds is 6. The number of amides is 1. The largest absolute Gasteiger partial charge is 0.471 e. The van der Waals surface area contributed by atoms with Crippen LogP contribution in [0, 0.1) is 0 Å². The topological polar surface area (TPSA) is 46.2 Å². The fraction of sp³-hybridized carbons (Fsp3) is 0.385. The minimum absolute atomic E-state index is 0.00401. The average molecular weight is 352 g/mol. The molecule has 0 bridgehead atoms. The predicted octanol–water partition coefficient (Wildman–Crippen LogP) is 3.94. The van der Waals surface area contributed by atoms with Crippen molar-refractivity contribution in [3.63, 3.8) is 0 Å². The van der Waals surface area contributed by atoms with Crippen LogP contribution >= 0.6 is 15.9 Å². The molecule has 7 heteroatoms. The Bertz CT molecular complexity index is 471. The number of ketones is 1. The molecule has 1 aromatic rings. The van der Waals surface area contributed by atoms with Crippen LogP contribution < -0.4 is 5.32 Å². The maximum absolute atomic E-state index is 12.0. The molecular weight excluding hydrogens is 339 g/mol. The van der Waals surface area contributed by atoms with E-state index in [1.807, 2.05) is 0 Å². The number of hydrogen-bond acceptors (Lipinski definition) is 2. The number of nitrogens with one attached hydrogen (secondary N) is 1. The zero-order valence-corrected chi connectivity index (χ0v) is 12.1. The van der Waals surface area contributed by atoms with E-state index in [-0.39, 0.29) is 11.5 Å². The van der Waals surface area contributed by atoms with Crippen molar-refractivity contribution in [2.24, 2.45) is 0 Å². The van der Waals surface area contributed by atoms with Gasteiger partial charge in [0.15, 0.2) is 5.78 Å². The second-order valence-electron chi connectivity index (χ2n) is 4.10. The normalized spacial score (nSPS) is 11.2. The molecule has 110 valence electrons. The van der Waals surface area contributed by atoms with Crippen molar-refractivity contribution in [2.45, 2.75) is 25.4 Å². The first-order valence-electron chi connectivity index (χ1n) is 5.92. The van der Waals surface area contributed by atoms with Crippen molar-refractivity contribution in [3.8, 4) is 0 Å². The number of Topliss-reactive ketones (excluding diaryl/α,β-unsaturated/α-hetero) is 1. The third-order valence-corrected chi connectivity index (χ3v) is 3.07. The summed E-state index contributed by atoms with van der Waals surface area (Å²) in [6.45, 7) is 0. The number of benzene rings is 1. The highest BCUT2D eigenvalue weighted by atomic mass is 79.9. The summed E-state index contributed by atoms with van der Waals surface area (Å²) >= 11 is 3.26. The van der Waals surface area contributed by atoms with Gasteiger partial charge in [-0.05, 0) is 37.1 Å². The third kappa shape index (κ3) is 5.32. The Morgan fingerprint density at radius 3 is 2.20 bits per heavy atom. The summed E-state index contributed by atoms with van der Waals surface area (Å²) in [6, 6.07) is 5.37. The summed E-state index contributed by atoms with van der Waals surface area (Å²) < 4.78 is 36.1. The Kier molecular flexibility index (Phi) is 6.19. The quantitative estimate of drug-likeness (QED) is 0.479. The molecule has 0 unspecified atom stereocenters. The Hall–Kier alpha value is -1.37. The number of anilines is 1. The van der Waals surface area contributed by atoms with Crippen LogP contribution in [0.3, 0.4) is 0 Å². The molecule has 1 rings (SSSR count). The van der Waals surface area contributed by atoms with Crippen molar-refractivity contribution >= 4 is 33.3 Å².